The van der Waals surface area contributed by atoms with Crippen LogP contribution in [0.3, 0.4) is 0 Å². The Morgan fingerprint density at radius 1 is 1.06 bits per heavy atom. The van der Waals surface area contributed by atoms with Crippen LogP contribution in [0.1, 0.15) is 17.5 Å². The zero-order valence-corrected chi connectivity index (χ0v) is 22.3. The smallest absolute Gasteiger partial charge is 0.214 e. The van der Waals surface area contributed by atoms with Gasteiger partial charge in [-0.2, -0.15) is 4.68 Å². The SMILES string of the molecule is COc1cc(CNCCCSc2nnnn2-c2ccccc2)cc(Br)c1OCc1cccc(Cl)c1. The van der Waals surface area contributed by atoms with Gasteiger partial charge in [-0.1, -0.05) is 53.7 Å². The van der Waals surface area contributed by atoms with Crippen molar-refractivity contribution in [1.29, 1.82) is 0 Å². The number of rotatable bonds is 12. The van der Waals surface area contributed by atoms with Gasteiger partial charge in [0.2, 0.25) is 5.16 Å². The summed E-state index contributed by atoms with van der Waals surface area (Å²) in [5.74, 6) is 2.26. The zero-order valence-electron chi connectivity index (χ0n) is 19.2. The Morgan fingerprint density at radius 3 is 2.71 bits per heavy atom. The van der Waals surface area contributed by atoms with Gasteiger partial charge in [0, 0.05) is 17.3 Å². The predicted molar refractivity (Wildman–Crippen MR) is 143 cm³/mol. The number of nitrogens with zero attached hydrogens (tertiary/aromatic N) is 4. The van der Waals surface area contributed by atoms with E-state index < -0.39 is 0 Å². The van der Waals surface area contributed by atoms with E-state index in [1.165, 1.54) is 0 Å². The fourth-order valence-electron chi connectivity index (χ4n) is 3.39. The van der Waals surface area contributed by atoms with Crippen LogP contribution in [-0.2, 0) is 13.2 Å². The highest BCUT2D eigenvalue weighted by Gasteiger charge is 2.13. The van der Waals surface area contributed by atoms with Crippen molar-refractivity contribution in [3.8, 4) is 17.2 Å². The number of halogens is 2. The molecular weight excluding hydrogens is 550 g/mol. The molecule has 4 rings (SSSR count). The molecule has 3 aromatic carbocycles. The minimum Gasteiger partial charge on any atom is -0.493 e. The molecule has 0 radical (unpaired) electrons. The lowest BCUT2D eigenvalue weighted by atomic mass is 10.2. The molecule has 0 unspecified atom stereocenters. The number of hydrogen-bond acceptors (Lipinski definition) is 7. The molecule has 0 saturated carbocycles. The number of tetrazole rings is 1. The summed E-state index contributed by atoms with van der Waals surface area (Å²) in [4.78, 5) is 0. The van der Waals surface area contributed by atoms with Gasteiger partial charge in [0.15, 0.2) is 11.5 Å². The summed E-state index contributed by atoms with van der Waals surface area (Å²) in [5.41, 5.74) is 3.05. The largest absolute Gasteiger partial charge is 0.493 e. The van der Waals surface area contributed by atoms with Crippen LogP contribution in [0.5, 0.6) is 11.5 Å². The van der Waals surface area contributed by atoms with Gasteiger partial charge < -0.3 is 14.8 Å². The molecule has 1 aromatic heterocycles. The fraction of sp³-hybridized carbons (Fsp3) is 0.240. The maximum Gasteiger partial charge on any atom is 0.214 e. The molecule has 1 heterocycles. The van der Waals surface area contributed by atoms with Crippen molar-refractivity contribution >= 4 is 39.3 Å². The first kappa shape index (κ1) is 25.5. The number of ether oxygens (including phenoxy) is 2. The van der Waals surface area contributed by atoms with Crippen LogP contribution in [-0.4, -0.2) is 39.6 Å². The molecular formula is C25H25BrClN5O2S. The highest BCUT2D eigenvalue weighted by atomic mass is 79.9. The van der Waals surface area contributed by atoms with Crippen LogP contribution >= 0.6 is 39.3 Å². The van der Waals surface area contributed by atoms with E-state index in [2.05, 4.69) is 36.8 Å². The Balaban J connectivity index is 1.24. The molecule has 0 amide bonds. The number of hydrogen-bond donors (Lipinski definition) is 1. The van der Waals surface area contributed by atoms with Crippen molar-refractivity contribution < 1.29 is 9.47 Å². The third-order valence-corrected chi connectivity index (χ3v) is 6.89. The van der Waals surface area contributed by atoms with Gasteiger partial charge in [-0.15, -0.1) is 5.10 Å². The molecule has 4 aromatic rings. The topological polar surface area (TPSA) is 74.1 Å². The van der Waals surface area contributed by atoms with E-state index in [4.69, 9.17) is 21.1 Å². The van der Waals surface area contributed by atoms with E-state index in [-0.39, 0.29) is 0 Å². The zero-order chi connectivity index (χ0) is 24.5. The summed E-state index contributed by atoms with van der Waals surface area (Å²) in [6, 6.07) is 21.6. The van der Waals surface area contributed by atoms with E-state index in [0.29, 0.717) is 23.1 Å². The second-order valence-corrected chi connectivity index (χ2v) is 9.97. The summed E-state index contributed by atoms with van der Waals surface area (Å²) >= 11 is 11.3. The van der Waals surface area contributed by atoms with Gasteiger partial charge in [-0.05, 0) is 86.8 Å². The summed E-state index contributed by atoms with van der Waals surface area (Å²) in [6.45, 7) is 1.99. The van der Waals surface area contributed by atoms with Crippen LogP contribution in [0.25, 0.3) is 5.69 Å². The van der Waals surface area contributed by atoms with E-state index in [0.717, 1.165) is 51.7 Å². The molecule has 0 bridgehead atoms. The number of thioether (sulfide) groups is 1. The lowest BCUT2D eigenvalue weighted by molar-refractivity contribution is 0.282. The van der Waals surface area contributed by atoms with Crippen LogP contribution in [0, 0.1) is 0 Å². The number of para-hydroxylation sites is 1. The van der Waals surface area contributed by atoms with Crippen LogP contribution in [0.2, 0.25) is 5.02 Å². The first-order chi connectivity index (χ1) is 17.1. The minimum atomic E-state index is 0.401. The second kappa shape index (κ2) is 12.9. The van der Waals surface area contributed by atoms with Crippen molar-refractivity contribution in [3.05, 3.63) is 87.4 Å². The van der Waals surface area contributed by atoms with Gasteiger partial charge in [0.05, 0.1) is 17.3 Å². The molecule has 0 aliphatic rings. The summed E-state index contributed by atoms with van der Waals surface area (Å²) in [6.07, 6.45) is 0.978. The van der Waals surface area contributed by atoms with Gasteiger partial charge in [0.25, 0.3) is 0 Å². The van der Waals surface area contributed by atoms with Crippen molar-refractivity contribution in [3.63, 3.8) is 0 Å². The monoisotopic (exact) mass is 573 g/mol. The summed E-state index contributed by atoms with van der Waals surface area (Å²) in [7, 11) is 1.64. The third-order valence-electron chi connectivity index (χ3n) is 5.06. The summed E-state index contributed by atoms with van der Waals surface area (Å²) < 4.78 is 14.2. The number of methoxy groups -OCH3 is 1. The molecule has 0 aliphatic heterocycles. The van der Waals surface area contributed by atoms with Crippen molar-refractivity contribution in [2.45, 2.75) is 24.7 Å². The van der Waals surface area contributed by atoms with Gasteiger partial charge in [-0.25, -0.2) is 0 Å². The lowest BCUT2D eigenvalue weighted by Gasteiger charge is -2.15. The lowest BCUT2D eigenvalue weighted by Crippen LogP contribution is -2.15. The van der Waals surface area contributed by atoms with Crippen LogP contribution in [0.15, 0.2) is 76.4 Å². The Hall–Kier alpha value is -2.59. The normalized spacial score (nSPS) is 10.9. The Bertz CT molecular complexity index is 1240. The Kier molecular flexibility index (Phi) is 9.42. The van der Waals surface area contributed by atoms with E-state index >= 15 is 0 Å². The minimum absolute atomic E-state index is 0.401. The van der Waals surface area contributed by atoms with Crippen molar-refractivity contribution in [1.82, 2.24) is 25.5 Å². The number of benzene rings is 3. The van der Waals surface area contributed by atoms with E-state index in [1.54, 1.807) is 23.6 Å². The first-order valence-corrected chi connectivity index (χ1v) is 13.2. The Morgan fingerprint density at radius 2 is 1.91 bits per heavy atom. The maximum atomic E-state index is 6.07. The third kappa shape index (κ3) is 7.20. The molecule has 0 fully saturated rings. The fourth-order valence-corrected chi connectivity index (χ4v) is 5.04. The molecule has 7 nitrogen and oxygen atoms in total. The van der Waals surface area contributed by atoms with Gasteiger partial charge >= 0.3 is 0 Å². The van der Waals surface area contributed by atoms with Gasteiger partial charge in [-0.3, -0.25) is 0 Å². The molecule has 10 heteroatoms. The molecule has 182 valence electrons. The molecule has 0 spiro atoms. The molecule has 1 N–H and O–H groups in total. The molecule has 0 saturated heterocycles. The predicted octanol–water partition coefficient (Wildman–Crippen LogP) is 5.94. The van der Waals surface area contributed by atoms with Crippen molar-refractivity contribution in [2.24, 2.45) is 0 Å². The number of nitrogens with one attached hydrogen (secondary N) is 1. The Labute approximate surface area is 222 Å². The van der Waals surface area contributed by atoms with E-state index in [9.17, 15) is 0 Å². The van der Waals surface area contributed by atoms with Crippen LogP contribution in [0.4, 0.5) is 0 Å². The van der Waals surface area contributed by atoms with Crippen LogP contribution < -0.4 is 14.8 Å². The van der Waals surface area contributed by atoms with Crippen molar-refractivity contribution in [2.75, 3.05) is 19.4 Å². The maximum absolute atomic E-state index is 6.07. The molecule has 35 heavy (non-hydrogen) atoms. The first-order valence-electron chi connectivity index (χ1n) is 11.0. The standard InChI is InChI=1S/C25H25BrClN5O2S/c1-33-23-15-19(14-22(26)24(23)34-17-18-7-5-8-20(27)13-18)16-28-11-6-12-35-25-29-30-31-32(25)21-9-3-2-4-10-21/h2-5,7-10,13-15,28H,6,11-12,16-17H2,1H3. The van der Waals surface area contributed by atoms with E-state index in [1.807, 2.05) is 66.7 Å². The summed E-state index contributed by atoms with van der Waals surface area (Å²) in [5, 5.41) is 17.0. The quantitative estimate of drug-likeness (QED) is 0.166. The average molecular weight is 575 g/mol. The molecule has 0 atom stereocenters. The van der Waals surface area contributed by atoms with Gasteiger partial charge in [0.1, 0.15) is 6.61 Å². The molecule has 0 aliphatic carbocycles. The highest BCUT2D eigenvalue weighted by molar-refractivity contribution is 9.10. The second-order valence-electron chi connectivity index (χ2n) is 7.62. The average Bonchev–Trinajstić information content (AvgIpc) is 3.34. The number of aromatic nitrogens is 4. The highest BCUT2D eigenvalue weighted by Crippen LogP contribution is 2.37.